The molecule has 13 nitrogen and oxygen atoms in total. The zero-order valence-electron chi connectivity index (χ0n) is 32.5. The van der Waals surface area contributed by atoms with E-state index in [2.05, 4.69) is 15.0 Å². The number of rotatable bonds is 18. The lowest BCUT2D eigenvalue weighted by atomic mass is 9.86. The summed E-state index contributed by atoms with van der Waals surface area (Å²) >= 11 is 12.7. The van der Waals surface area contributed by atoms with Crippen LogP contribution in [-0.4, -0.2) is 75.5 Å². The van der Waals surface area contributed by atoms with Gasteiger partial charge in [0.2, 0.25) is 0 Å². The van der Waals surface area contributed by atoms with E-state index in [0.717, 1.165) is 51.2 Å². The van der Waals surface area contributed by atoms with Crippen LogP contribution in [0.15, 0.2) is 79.1 Å². The number of hydrogen-bond acceptors (Lipinski definition) is 12. The van der Waals surface area contributed by atoms with Crippen LogP contribution in [0.1, 0.15) is 64.9 Å². The number of carbonyl (C=O) groups is 3. The number of methoxy groups -OCH3 is 1. The number of aromatic nitrogens is 1. The maximum Gasteiger partial charge on any atom is 0.387 e. The van der Waals surface area contributed by atoms with E-state index < -0.39 is 43.3 Å². The number of nitrogens with zero attached hydrogens (tertiary/aromatic N) is 2. The number of alkyl halides is 2. The van der Waals surface area contributed by atoms with Crippen molar-refractivity contribution in [3.8, 4) is 17.2 Å². The fourth-order valence-corrected chi connectivity index (χ4v) is 7.92. The van der Waals surface area contributed by atoms with Gasteiger partial charge in [-0.2, -0.15) is 13.5 Å². The Balaban J connectivity index is 1.05. The second-order valence-corrected chi connectivity index (χ2v) is 15.8. The van der Waals surface area contributed by atoms with Crippen LogP contribution in [0, 0.1) is 17.0 Å². The highest BCUT2D eigenvalue weighted by atomic mass is 35.5. The summed E-state index contributed by atoms with van der Waals surface area (Å²) in [5.74, 6) is -1.40. The molecule has 3 aromatic carbocycles. The maximum absolute atomic E-state index is 13.8. The van der Waals surface area contributed by atoms with E-state index in [1.54, 1.807) is 36.4 Å². The molecule has 1 N–H and O–H groups in total. The van der Waals surface area contributed by atoms with Crippen LogP contribution in [-0.2, 0) is 30.2 Å². The third-order valence-electron chi connectivity index (χ3n) is 10.7. The first-order valence-electron chi connectivity index (χ1n) is 19.5. The smallest absolute Gasteiger partial charge is 0.387 e. The van der Waals surface area contributed by atoms with E-state index >= 15 is 0 Å². The summed E-state index contributed by atoms with van der Waals surface area (Å²) in [5.41, 5.74) is 1.62. The van der Waals surface area contributed by atoms with Crippen LogP contribution in [0.2, 0.25) is 10.0 Å². The summed E-state index contributed by atoms with van der Waals surface area (Å²) < 4.78 is 60.1. The van der Waals surface area contributed by atoms with Gasteiger partial charge in [0.15, 0.2) is 36.5 Å². The predicted octanol–water partition coefficient (Wildman–Crippen LogP) is 7.50. The summed E-state index contributed by atoms with van der Waals surface area (Å²) in [6.07, 6.45) is 4.42. The Bertz CT molecular complexity index is 2160. The van der Waals surface area contributed by atoms with Gasteiger partial charge in [-0.25, -0.2) is 14.4 Å². The van der Waals surface area contributed by atoms with Crippen molar-refractivity contribution in [2.75, 3.05) is 45.3 Å². The monoisotopic (exact) mass is 869 g/mol. The van der Waals surface area contributed by atoms with Gasteiger partial charge < -0.3 is 38.9 Å². The van der Waals surface area contributed by atoms with Crippen molar-refractivity contribution < 1.29 is 56.3 Å². The van der Waals surface area contributed by atoms with Gasteiger partial charge in [-0.15, -0.1) is 0 Å². The van der Waals surface area contributed by atoms with Crippen LogP contribution in [0.5, 0.6) is 17.2 Å². The number of piperidine rings is 3. The molecule has 4 aliphatic rings. The highest BCUT2D eigenvalue weighted by molar-refractivity contribution is 6.35. The van der Waals surface area contributed by atoms with Crippen LogP contribution in [0.3, 0.4) is 0 Å². The summed E-state index contributed by atoms with van der Waals surface area (Å²) in [5, 5.41) is 15.1. The third-order valence-corrected chi connectivity index (χ3v) is 11.4. The van der Waals surface area contributed by atoms with E-state index in [0.29, 0.717) is 39.8 Å². The van der Waals surface area contributed by atoms with E-state index in [1.165, 1.54) is 37.4 Å². The maximum atomic E-state index is 13.8. The predicted molar refractivity (Wildman–Crippen MR) is 214 cm³/mol. The lowest BCUT2D eigenvalue weighted by molar-refractivity contribution is -0.605. The molecule has 0 spiro atoms. The molecular weight excluding hydrogens is 827 g/mol. The minimum absolute atomic E-state index is 0.00391. The molecule has 3 atom stereocenters. The van der Waals surface area contributed by atoms with Crippen LogP contribution >= 0.6 is 23.2 Å². The van der Waals surface area contributed by atoms with Crippen LogP contribution in [0.25, 0.3) is 0 Å². The molecule has 4 heterocycles. The average Bonchev–Trinajstić information content (AvgIpc) is 4.07. The van der Waals surface area contributed by atoms with Gasteiger partial charge in [0.1, 0.15) is 28.0 Å². The Morgan fingerprint density at radius 1 is 0.933 bits per heavy atom. The zero-order chi connectivity index (χ0) is 42.3. The van der Waals surface area contributed by atoms with Crippen molar-refractivity contribution in [1.82, 2.24) is 4.90 Å². The van der Waals surface area contributed by atoms with Crippen molar-refractivity contribution in [2.45, 2.75) is 57.0 Å². The number of ether oxygens (including phenoxy) is 6. The minimum Gasteiger partial charge on any atom is -0.619 e. The lowest BCUT2D eigenvalue weighted by Crippen LogP contribution is -2.52. The number of pyridine rings is 1. The first kappa shape index (κ1) is 42.7. The number of esters is 3. The average molecular weight is 871 g/mol. The SMILES string of the molecule is COc1cccc(C(Nc2cccc(C(=O)OCC(=O)OC(Cc3c(Cl)c[n+]([O-])cc3Cl)c3ccc(OC(F)F)c(OCC4CC4)c3)c2)C(=O)O[C@H]2CN3CCC2CC3)c1. The standard InChI is InChI=1S/C43H43Cl2F2N3O10/c1-55-31-7-3-4-28(17-31)40(42(53)59-38-22-49-14-12-26(38)13-15-49)48-30-6-2-5-29(16-30)41(52)57-24-39(51)58-36(19-32-33(44)20-50(54)21-34(32)45)27-10-11-35(60-43(46)47)37(18-27)56-23-25-8-9-25/h2-7,10-11,16-18,20-21,25-26,36,38,40,43,48H,8-9,12-15,19,22-24H2,1H3/t36?,38-,40?/m0/s1. The van der Waals surface area contributed by atoms with E-state index in [1.807, 2.05) is 0 Å². The normalized spacial score (nSPS) is 19.2. The molecule has 318 valence electrons. The van der Waals surface area contributed by atoms with Crippen LogP contribution < -0.4 is 24.3 Å². The number of hydrogen-bond donors (Lipinski definition) is 1. The highest BCUT2D eigenvalue weighted by Crippen LogP contribution is 2.38. The second-order valence-electron chi connectivity index (χ2n) is 14.9. The summed E-state index contributed by atoms with van der Waals surface area (Å²) in [6, 6.07) is 16.4. The van der Waals surface area contributed by atoms with Crippen molar-refractivity contribution >= 4 is 46.8 Å². The van der Waals surface area contributed by atoms with Gasteiger partial charge in [0.25, 0.3) is 0 Å². The quantitative estimate of drug-likeness (QED) is 0.0457. The molecule has 1 aliphatic carbocycles. The Labute approximate surface area is 354 Å². The number of benzene rings is 3. The molecule has 4 aromatic rings. The lowest BCUT2D eigenvalue weighted by Gasteiger charge is -2.44. The molecule has 60 heavy (non-hydrogen) atoms. The molecular formula is C43H43Cl2F2N3O10. The first-order chi connectivity index (χ1) is 28.9. The van der Waals surface area contributed by atoms with Gasteiger partial charge in [-0.05, 0) is 104 Å². The van der Waals surface area contributed by atoms with Crippen molar-refractivity contribution in [2.24, 2.45) is 11.8 Å². The van der Waals surface area contributed by atoms with Crippen LogP contribution in [0.4, 0.5) is 14.5 Å². The fourth-order valence-electron chi connectivity index (χ4n) is 7.33. The summed E-state index contributed by atoms with van der Waals surface area (Å²) in [6.45, 7) is -1.01. The van der Waals surface area contributed by atoms with E-state index in [4.69, 9.17) is 46.9 Å². The molecule has 2 unspecified atom stereocenters. The van der Waals surface area contributed by atoms with Gasteiger partial charge >= 0.3 is 24.5 Å². The van der Waals surface area contributed by atoms with Crippen molar-refractivity contribution in [3.05, 3.63) is 117 Å². The topological polar surface area (TPSA) is 149 Å². The highest BCUT2D eigenvalue weighted by Gasteiger charge is 2.38. The van der Waals surface area contributed by atoms with Crippen molar-refractivity contribution in [1.29, 1.82) is 0 Å². The minimum atomic E-state index is -3.12. The molecule has 3 saturated heterocycles. The molecule has 4 fully saturated rings. The Morgan fingerprint density at radius 3 is 2.37 bits per heavy atom. The summed E-state index contributed by atoms with van der Waals surface area (Å²) in [4.78, 5) is 42.8. The molecule has 1 aromatic heterocycles. The Morgan fingerprint density at radius 2 is 1.68 bits per heavy atom. The number of halogens is 4. The van der Waals surface area contributed by atoms with Crippen molar-refractivity contribution in [3.63, 3.8) is 0 Å². The molecule has 1 saturated carbocycles. The van der Waals surface area contributed by atoms with Gasteiger partial charge in [-0.1, -0.05) is 47.5 Å². The molecule has 0 amide bonds. The number of fused-ring (bicyclic) bond motifs is 3. The summed E-state index contributed by atoms with van der Waals surface area (Å²) in [7, 11) is 1.53. The first-order valence-corrected chi connectivity index (χ1v) is 20.3. The van der Waals surface area contributed by atoms with E-state index in [-0.39, 0.29) is 57.7 Å². The largest absolute Gasteiger partial charge is 0.619 e. The van der Waals surface area contributed by atoms with Gasteiger partial charge in [-0.3, -0.25) is 4.90 Å². The zero-order valence-corrected chi connectivity index (χ0v) is 34.0. The number of anilines is 1. The Kier molecular flexibility index (Phi) is 13.8. The third kappa shape index (κ3) is 11.1. The molecule has 3 aliphatic heterocycles. The molecule has 2 bridgehead atoms. The second kappa shape index (κ2) is 19.3. The number of nitrogens with one attached hydrogen (secondary N) is 1. The fraction of sp³-hybridized carbons (Fsp3) is 0.395. The van der Waals surface area contributed by atoms with Gasteiger partial charge in [0, 0.05) is 24.2 Å². The number of carbonyl (C=O) groups excluding carboxylic acids is 3. The van der Waals surface area contributed by atoms with E-state index in [9.17, 15) is 28.4 Å². The Hall–Kier alpha value is -5.38. The molecule has 8 rings (SSSR count). The van der Waals surface area contributed by atoms with Gasteiger partial charge in [0.05, 0.1) is 19.3 Å². The molecule has 17 heteroatoms. The molecule has 0 radical (unpaired) electrons.